The van der Waals surface area contributed by atoms with Crippen molar-refractivity contribution in [3.8, 4) is 17.2 Å². The third-order valence-electron chi connectivity index (χ3n) is 3.90. The molecular formula is C17H14O5. The summed E-state index contributed by atoms with van der Waals surface area (Å²) in [5, 5.41) is 30.4. The number of phenolic OH excluding ortho intramolecular Hbond substituents is 3. The molecule has 0 atom stereocenters. The Morgan fingerprint density at radius 3 is 2.18 bits per heavy atom. The highest BCUT2D eigenvalue weighted by Gasteiger charge is 2.37. The van der Waals surface area contributed by atoms with Gasteiger partial charge in [0.15, 0.2) is 5.78 Å². The van der Waals surface area contributed by atoms with Gasteiger partial charge in [0.25, 0.3) is 0 Å². The third-order valence-corrected chi connectivity index (χ3v) is 3.90. The van der Waals surface area contributed by atoms with Gasteiger partial charge in [-0.25, -0.2) is 0 Å². The summed E-state index contributed by atoms with van der Waals surface area (Å²) >= 11 is 0. The van der Waals surface area contributed by atoms with E-state index in [4.69, 9.17) is 0 Å². The van der Waals surface area contributed by atoms with E-state index in [1.165, 1.54) is 24.3 Å². The Morgan fingerprint density at radius 2 is 1.55 bits per heavy atom. The highest BCUT2D eigenvalue weighted by molar-refractivity contribution is 6.31. The molecule has 3 N–H and O–H groups in total. The van der Waals surface area contributed by atoms with Gasteiger partial charge >= 0.3 is 0 Å². The molecule has 2 aromatic rings. The molecule has 0 aromatic heterocycles. The van der Waals surface area contributed by atoms with Crippen LogP contribution in [-0.2, 0) is 0 Å². The molecular weight excluding hydrogens is 284 g/mol. The van der Waals surface area contributed by atoms with Gasteiger partial charge in [0.1, 0.15) is 17.2 Å². The molecule has 0 unspecified atom stereocenters. The molecule has 0 amide bonds. The summed E-state index contributed by atoms with van der Waals surface area (Å²) in [6.07, 6.45) is 0. The van der Waals surface area contributed by atoms with Gasteiger partial charge in [0.2, 0.25) is 5.78 Å². The Bertz CT molecular complexity index is 833. The van der Waals surface area contributed by atoms with E-state index in [0.717, 1.165) is 0 Å². The van der Waals surface area contributed by atoms with E-state index in [2.05, 4.69) is 0 Å². The van der Waals surface area contributed by atoms with Gasteiger partial charge in [-0.3, -0.25) is 9.59 Å². The number of fused-ring (bicyclic) bond motifs is 2. The van der Waals surface area contributed by atoms with Gasteiger partial charge in [0, 0.05) is 11.1 Å². The van der Waals surface area contributed by atoms with Crippen LogP contribution in [0.1, 0.15) is 57.2 Å². The SMILES string of the molecule is CC(C)c1cc(O)c2c(c1O)C(=O)c1c(O)cccc1C2=O. The zero-order valence-electron chi connectivity index (χ0n) is 12.0. The standard InChI is InChI=1S/C17H14O5/c1-7(2)9-6-11(19)13-14(16(9)21)17(22)12-8(15(13)20)4-3-5-10(12)18/h3-7,18-19,21H,1-2H3. The molecule has 112 valence electrons. The number of hydrogen-bond donors (Lipinski definition) is 3. The molecule has 5 heteroatoms. The molecule has 0 heterocycles. The number of benzene rings is 2. The summed E-state index contributed by atoms with van der Waals surface area (Å²) in [5.41, 5.74) is -0.218. The van der Waals surface area contributed by atoms with Gasteiger partial charge in [-0.15, -0.1) is 0 Å². The fourth-order valence-corrected chi connectivity index (χ4v) is 2.80. The van der Waals surface area contributed by atoms with Crippen LogP contribution in [0.15, 0.2) is 24.3 Å². The summed E-state index contributed by atoms with van der Waals surface area (Å²) in [5.74, 6) is -2.40. The van der Waals surface area contributed by atoms with Crippen LogP contribution in [0.25, 0.3) is 0 Å². The lowest BCUT2D eigenvalue weighted by Gasteiger charge is -2.22. The number of hydrogen-bond acceptors (Lipinski definition) is 5. The lowest BCUT2D eigenvalue weighted by molar-refractivity contribution is 0.0971. The molecule has 0 spiro atoms. The van der Waals surface area contributed by atoms with E-state index in [9.17, 15) is 24.9 Å². The van der Waals surface area contributed by atoms with E-state index < -0.39 is 11.6 Å². The molecule has 3 rings (SSSR count). The average Bonchev–Trinajstić information content (AvgIpc) is 2.46. The fraction of sp³-hybridized carbons (Fsp3) is 0.176. The van der Waals surface area contributed by atoms with Crippen LogP contribution in [0.4, 0.5) is 0 Å². The van der Waals surface area contributed by atoms with Crippen molar-refractivity contribution >= 4 is 11.6 Å². The number of carbonyl (C=O) groups is 2. The lowest BCUT2D eigenvalue weighted by atomic mass is 9.80. The normalized spacial score (nSPS) is 13.2. The second-order valence-electron chi connectivity index (χ2n) is 5.60. The molecule has 0 bridgehead atoms. The number of ketones is 2. The van der Waals surface area contributed by atoms with Crippen molar-refractivity contribution < 1.29 is 24.9 Å². The maximum atomic E-state index is 12.6. The van der Waals surface area contributed by atoms with E-state index in [1.807, 2.05) is 0 Å². The number of carbonyl (C=O) groups excluding carboxylic acids is 2. The van der Waals surface area contributed by atoms with Crippen LogP contribution in [-0.4, -0.2) is 26.9 Å². The fourth-order valence-electron chi connectivity index (χ4n) is 2.80. The predicted molar refractivity (Wildman–Crippen MR) is 78.8 cm³/mol. The van der Waals surface area contributed by atoms with Crippen LogP contribution in [0.3, 0.4) is 0 Å². The number of phenols is 3. The van der Waals surface area contributed by atoms with Crippen molar-refractivity contribution in [2.75, 3.05) is 0 Å². The van der Waals surface area contributed by atoms with Crippen LogP contribution in [0.5, 0.6) is 17.2 Å². The third kappa shape index (κ3) is 1.72. The first-order valence-electron chi connectivity index (χ1n) is 6.84. The Hall–Kier alpha value is -2.82. The molecule has 1 aliphatic carbocycles. The van der Waals surface area contributed by atoms with Gasteiger partial charge in [-0.2, -0.15) is 0 Å². The molecule has 0 aliphatic heterocycles. The van der Waals surface area contributed by atoms with Gasteiger partial charge in [-0.05, 0) is 18.1 Å². The van der Waals surface area contributed by atoms with Crippen LogP contribution in [0, 0.1) is 0 Å². The quantitative estimate of drug-likeness (QED) is 0.600. The molecule has 0 radical (unpaired) electrons. The first-order chi connectivity index (χ1) is 10.3. The van der Waals surface area contributed by atoms with Crippen molar-refractivity contribution in [3.05, 3.63) is 52.1 Å². The second kappa shape index (κ2) is 4.59. The Morgan fingerprint density at radius 1 is 0.864 bits per heavy atom. The average molecular weight is 298 g/mol. The summed E-state index contributed by atoms with van der Waals surface area (Å²) in [6.45, 7) is 3.59. The molecule has 5 nitrogen and oxygen atoms in total. The highest BCUT2D eigenvalue weighted by Crippen LogP contribution is 2.43. The molecule has 0 fully saturated rings. The maximum absolute atomic E-state index is 12.6. The summed E-state index contributed by atoms with van der Waals surface area (Å²) < 4.78 is 0. The molecule has 2 aromatic carbocycles. The summed E-state index contributed by atoms with van der Waals surface area (Å²) in [6, 6.07) is 5.46. The molecule has 0 saturated carbocycles. The van der Waals surface area contributed by atoms with Crippen molar-refractivity contribution in [2.24, 2.45) is 0 Å². The maximum Gasteiger partial charge on any atom is 0.202 e. The van der Waals surface area contributed by atoms with E-state index in [1.54, 1.807) is 13.8 Å². The highest BCUT2D eigenvalue weighted by atomic mass is 16.3. The molecule has 1 aliphatic rings. The first-order valence-corrected chi connectivity index (χ1v) is 6.84. The van der Waals surface area contributed by atoms with Crippen LogP contribution < -0.4 is 0 Å². The van der Waals surface area contributed by atoms with Crippen molar-refractivity contribution in [1.82, 2.24) is 0 Å². The van der Waals surface area contributed by atoms with E-state index in [-0.39, 0.29) is 45.4 Å². The van der Waals surface area contributed by atoms with Gasteiger partial charge < -0.3 is 15.3 Å². The van der Waals surface area contributed by atoms with E-state index >= 15 is 0 Å². The topological polar surface area (TPSA) is 94.8 Å². The van der Waals surface area contributed by atoms with Crippen molar-refractivity contribution in [3.63, 3.8) is 0 Å². The van der Waals surface area contributed by atoms with E-state index in [0.29, 0.717) is 5.56 Å². The minimum atomic E-state index is -0.669. The first kappa shape index (κ1) is 14.1. The van der Waals surface area contributed by atoms with Gasteiger partial charge in [-0.1, -0.05) is 26.0 Å². The second-order valence-corrected chi connectivity index (χ2v) is 5.60. The lowest BCUT2D eigenvalue weighted by Crippen LogP contribution is -2.22. The predicted octanol–water partition coefficient (Wildman–Crippen LogP) is 2.70. The smallest absolute Gasteiger partial charge is 0.202 e. The largest absolute Gasteiger partial charge is 0.507 e. The summed E-state index contributed by atoms with van der Waals surface area (Å²) in [4.78, 5) is 25.2. The number of aromatic hydroxyl groups is 3. The van der Waals surface area contributed by atoms with Crippen molar-refractivity contribution in [2.45, 2.75) is 19.8 Å². The zero-order valence-corrected chi connectivity index (χ0v) is 12.0. The van der Waals surface area contributed by atoms with Crippen molar-refractivity contribution in [1.29, 1.82) is 0 Å². The van der Waals surface area contributed by atoms with Gasteiger partial charge in [0.05, 0.1) is 16.7 Å². The minimum absolute atomic E-state index is 0.0181. The Balaban J connectivity index is 2.40. The summed E-state index contributed by atoms with van der Waals surface area (Å²) in [7, 11) is 0. The van der Waals surface area contributed by atoms with Crippen LogP contribution >= 0.6 is 0 Å². The minimum Gasteiger partial charge on any atom is -0.507 e. The number of rotatable bonds is 1. The molecule has 22 heavy (non-hydrogen) atoms. The Labute approximate surface area is 126 Å². The van der Waals surface area contributed by atoms with Crippen LogP contribution in [0.2, 0.25) is 0 Å². The monoisotopic (exact) mass is 298 g/mol. The zero-order chi connectivity index (χ0) is 16.2. The Kier molecular flexibility index (Phi) is 2.95. The molecule has 0 saturated heterocycles.